The van der Waals surface area contributed by atoms with E-state index in [1.54, 1.807) is 11.3 Å². The van der Waals surface area contributed by atoms with Crippen LogP contribution in [0.3, 0.4) is 0 Å². The molecule has 0 saturated carbocycles. The van der Waals surface area contributed by atoms with Crippen molar-refractivity contribution in [1.29, 1.82) is 0 Å². The highest BCUT2D eigenvalue weighted by Crippen LogP contribution is 2.39. The fourth-order valence-corrected chi connectivity index (χ4v) is 4.89. The van der Waals surface area contributed by atoms with Crippen LogP contribution in [0.2, 0.25) is 4.34 Å². The van der Waals surface area contributed by atoms with E-state index >= 15 is 0 Å². The SMILES string of the molecule is CC1=CCC=CC=C1.CC1CN(C(C)(C)C)CC1c1ccc(Cl)s1.O=CN1CCOC1=O. The Morgan fingerprint density at radius 3 is 2.47 bits per heavy atom. The Labute approximate surface area is 201 Å². The topological polar surface area (TPSA) is 49.9 Å². The summed E-state index contributed by atoms with van der Waals surface area (Å²) in [6, 6.07) is 4.22. The molecule has 32 heavy (non-hydrogen) atoms. The summed E-state index contributed by atoms with van der Waals surface area (Å²) in [4.78, 5) is 25.1. The van der Waals surface area contributed by atoms with Gasteiger partial charge in [-0.05, 0) is 52.2 Å². The van der Waals surface area contributed by atoms with Crippen molar-refractivity contribution in [2.24, 2.45) is 5.92 Å². The van der Waals surface area contributed by atoms with E-state index < -0.39 is 6.09 Å². The quantitative estimate of drug-likeness (QED) is 0.469. The second-order valence-electron chi connectivity index (χ2n) is 9.19. The van der Waals surface area contributed by atoms with Gasteiger partial charge in [-0.2, -0.15) is 0 Å². The third-order valence-corrected chi connectivity index (χ3v) is 6.99. The molecule has 176 valence electrons. The monoisotopic (exact) mass is 478 g/mol. The highest BCUT2D eigenvalue weighted by atomic mass is 35.5. The van der Waals surface area contributed by atoms with Gasteiger partial charge < -0.3 is 4.74 Å². The van der Waals surface area contributed by atoms with Gasteiger partial charge in [0.05, 0.1) is 10.9 Å². The Bertz CT molecular complexity index is 851. The Kier molecular flexibility index (Phi) is 10.2. The predicted molar refractivity (Wildman–Crippen MR) is 133 cm³/mol. The van der Waals surface area contributed by atoms with Crippen LogP contribution >= 0.6 is 22.9 Å². The van der Waals surface area contributed by atoms with Crippen LogP contribution in [0.15, 0.2) is 48.1 Å². The van der Waals surface area contributed by atoms with Gasteiger partial charge in [0.15, 0.2) is 0 Å². The lowest BCUT2D eigenvalue weighted by Crippen LogP contribution is -2.39. The van der Waals surface area contributed by atoms with Gasteiger partial charge in [0, 0.05) is 29.4 Å². The van der Waals surface area contributed by atoms with Crippen LogP contribution in [0.4, 0.5) is 4.79 Å². The van der Waals surface area contributed by atoms with E-state index in [0.717, 1.165) is 21.6 Å². The summed E-state index contributed by atoms with van der Waals surface area (Å²) in [6.45, 7) is 14.4. The average Bonchev–Trinajstić information content (AvgIpc) is 3.40. The van der Waals surface area contributed by atoms with Gasteiger partial charge in [0.25, 0.3) is 0 Å². The number of thiophene rings is 1. The molecule has 0 radical (unpaired) electrons. The number of hydrogen-bond acceptors (Lipinski definition) is 5. The molecule has 7 heteroatoms. The minimum Gasteiger partial charge on any atom is -0.447 e. The average molecular weight is 479 g/mol. The molecule has 3 aliphatic rings. The van der Waals surface area contributed by atoms with Crippen LogP contribution in [0.25, 0.3) is 0 Å². The highest BCUT2D eigenvalue weighted by Gasteiger charge is 2.36. The molecule has 2 aliphatic heterocycles. The van der Waals surface area contributed by atoms with Crippen LogP contribution in [0.5, 0.6) is 0 Å². The van der Waals surface area contributed by atoms with Gasteiger partial charge in [0.2, 0.25) is 6.41 Å². The Morgan fingerprint density at radius 2 is 1.97 bits per heavy atom. The number of hydrogen-bond donors (Lipinski definition) is 0. The molecule has 2 atom stereocenters. The highest BCUT2D eigenvalue weighted by molar-refractivity contribution is 7.16. The zero-order valence-corrected chi connectivity index (χ0v) is 21.3. The van der Waals surface area contributed by atoms with Crippen molar-refractivity contribution in [1.82, 2.24) is 9.80 Å². The van der Waals surface area contributed by atoms with Crippen LogP contribution in [0.1, 0.15) is 51.8 Å². The number of likely N-dealkylation sites (tertiary alicyclic amines) is 1. The van der Waals surface area contributed by atoms with Crippen molar-refractivity contribution in [2.75, 3.05) is 26.2 Å². The smallest absolute Gasteiger partial charge is 0.416 e. The number of carbonyl (C=O) groups is 2. The summed E-state index contributed by atoms with van der Waals surface area (Å²) in [6.07, 6.45) is 11.6. The van der Waals surface area contributed by atoms with Crippen molar-refractivity contribution in [3.8, 4) is 0 Å². The van der Waals surface area contributed by atoms with Crippen molar-refractivity contribution >= 4 is 35.4 Å². The van der Waals surface area contributed by atoms with E-state index in [9.17, 15) is 9.59 Å². The molecule has 1 aliphatic carbocycles. The molecule has 0 N–H and O–H groups in total. The van der Waals surface area contributed by atoms with Crippen LogP contribution in [-0.4, -0.2) is 54.1 Å². The largest absolute Gasteiger partial charge is 0.447 e. The minimum absolute atomic E-state index is 0.282. The molecule has 2 amide bonds. The summed E-state index contributed by atoms with van der Waals surface area (Å²) in [7, 11) is 0. The number of ether oxygens (including phenoxy) is 1. The maximum absolute atomic E-state index is 10.3. The number of rotatable bonds is 2. The first kappa shape index (κ1) is 26.4. The number of amides is 2. The van der Waals surface area contributed by atoms with Gasteiger partial charge in [-0.1, -0.05) is 54.5 Å². The van der Waals surface area contributed by atoms with E-state index in [4.69, 9.17) is 11.6 Å². The second kappa shape index (κ2) is 12.4. The first-order chi connectivity index (χ1) is 15.1. The zero-order valence-electron chi connectivity index (χ0n) is 19.7. The Hall–Kier alpha value is -1.89. The van der Waals surface area contributed by atoms with Crippen LogP contribution < -0.4 is 0 Å². The zero-order chi connectivity index (χ0) is 23.7. The van der Waals surface area contributed by atoms with E-state index in [1.807, 2.05) is 6.07 Å². The molecule has 0 aromatic carbocycles. The fourth-order valence-electron chi connectivity index (χ4n) is 3.60. The van der Waals surface area contributed by atoms with Gasteiger partial charge in [-0.15, -0.1) is 11.3 Å². The van der Waals surface area contributed by atoms with Crippen molar-refractivity contribution < 1.29 is 14.3 Å². The molecule has 4 rings (SSSR count). The van der Waals surface area contributed by atoms with Gasteiger partial charge in [-0.25, -0.2) is 9.69 Å². The number of allylic oxidation sites excluding steroid dienone is 6. The molecule has 2 saturated heterocycles. The maximum Gasteiger partial charge on any atom is 0.416 e. The summed E-state index contributed by atoms with van der Waals surface area (Å²) in [5.74, 6) is 1.39. The number of cyclic esters (lactones) is 1. The lowest BCUT2D eigenvalue weighted by Gasteiger charge is -2.31. The summed E-state index contributed by atoms with van der Waals surface area (Å²) >= 11 is 7.76. The molecule has 0 bridgehead atoms. The van der Waals surface area contributed by atoms with Crippen molar-refractivity contribution in [3.63, 3.8) is 0 Å². The molecule has 1 aromatic heterocycles. The molecule has 3 heterocycles. The number of nitrogens with zero attached hydrogens (tertiary/aromatic N) is 2. The van der Waals surface area contributed by atoms with Gasteiger partial charge in [-0.3, -0.25) is 9.69 Å². The molecule has 2 unspecified atom stereocenters. The minimum atomic E-state index is -0.542. The second-order valence-corrected chi connectivity index (χ2v) is 10.9. The van der Waals surface area contributed by atoms with Gasteiger partial charge >= 0.3 is 6.09 Å². The van der Waals surface area contributed by atoms with Crippen LogP contribution in [-0.2, 0) is 9.53 Å². The van der Waals surface area contributed by atoms with E-state index in [1.165, 1.54) is 23.5 Å². The van der Waals surface area contributed by atoms with E-state index in [-0.39, 0.29) is 5.54 Å². The first-order valence-electron chi connectivity index (χ1n) is 11.0. The molecular formula is C25H35ClN2O3S. The number of halogens is 1. The van der Waals surface area contributed by atoms with E-state index in [0.29, 0.717) is 25.5 Å². The molecular weight excluding hydrogens is 444 g/mol. The predicted octanol–water partition coefficient (Wildman–Crippen LogP) is 6.28. The number of imide groups is 1. The fraction of sp³-hybridized carbons (Fsp3) is 0.520. The Morgan fingerprint density at radius 1 is 1.22 bits per heavy atom. The normalized spacial score (nSPS) is 22.9. The summed E-state index contributed by atoms with van der Waals surface area (Å²) < 4.78 is 5.33. The van der Waals surface area contributed by atoms with Crippen LogP contribution in [0, 0.1) is 5.92 Å². The van der Waals surface area contributed by atoms with Crippen molar-refractivity contribution in [3.05, 3.63) is 57.3 Å². The van der Waals surface area contributed by atoms with Crippen molar-refractivity contribution in [2.45, 2.75) is 52.5 Å². The van der Waals surface area contributed by atoms with E-state index in [2.05, 4.69) is 80.7 Å². The number of carbonyl (C=O) groups excluding carboxylic acids is 2. The molecule has 5 nitrogen and oxygen atoms in total. The third-order valence-electron chi connectivity index (χ3n) is 5.62. The lowest BCUT2D eigenvalue weighted by molar-refractivity contribution is -0.115. The standard InChI is InChI=1S/C13H20ClNS.C8H10.C4H5NO3/c1-9-7-15(13(2,3)4)8-10(9)11-5-6-12(14)16-11;1-8-6-4-2-3-5-7-8;6-3-5-1-2-8-4(5)7/h5-6,9-10H,7-8H2,1-4H3;2-4,6-7H,5H2,1H3;3H,1-2H2. The Balaban J connectivity index is 0.000000190. The van der Waals surface area contributed by atoms with Gasteiger partial charge in [0.1, 0.15) is 6.61 Å². The summed E-state index contributed by atoms with van der Waals surface area (Å²) in [5.41, 5.74) is 1.64. The summed E-state index contributed by atoms with van der Waals surface area (Å²) in [5, 5.41) is 0. The maximum atomic E-state index is 10.3. The lowest BCUT2D eigenvalue weighted by atomic mass is 9.97. The molecule has 1 aromatic rings. The third kappa shape index (κ3) is 8.23. The molecule has 0 spiro atoms. The molecule has 2 fully saturated rings. The first-order valence-corrected chi connectivity index (χ1v) is 12.2.